The molecule has 0 bridgehead atoms. The molecule has 0 unspecified atom stereocenters. The number of furan rings is 1. The van der Waals surface area contributed by atoms with Gasteiger partial charge in [-0.1, -0.05) is 0 Å². The third-order valence-electron chi connectivity index (χ3n) is 3.99. The molecule has 1 N–H and O–H groups in total. The van der Waals surface area contributed by atoms with E-state index in [0.717, 1.165) is 12.8 Å². The molecule has 0 saturated carbocycles. The molecule has 0 aliphatic carbocycles. The summed E-state index contributed by atoms with van der Waals surface area (Å²) in [6.07, 6.45) is 5.83. The average molecular weight is 325 g/mol. The molecule has 7 nitrogen and oxygen atoms in total. The van der Waals surface area contributed by atoms with Crippen LogP contribution in [0.4, 0.5) is 0 Å². The zero-order valence-electron chi connectivity index (χ0n) is 12.3. The summed E-state index contributed by atoms with van der Waals surface area (Å²) in [7, 11) is -1.86. The van der Waals surface area contributed by atoms with E-state index in [4.69, 9.17) is 4.42 Å². The first-order valence-corrected chi connectivity index (χ1v) is 8.64. The van der Waals surface area contributed by atoms with Gasteiger partial charge in [-0.05, 0) is 31.4 Å². The molecule has 1 aliphatic heterocycles. The summed E-state index contributed by atoms with van der Waals surface area (Å²) < 4.78 is 33.2. The van der Waals surface area contributed by atoms with Gasteiger partial charge < -0.3 is 9.52 Å². The second kappa shape index (κ2) is 5.86. The first-order chi connectivity index (χ1) is 10.5. The van der Waals surface area contributed by atoms with Crippen molar-refractivity contribution in [1.29, 1.82) is 0 Å². The Kier molecular flexibility index (Phi) is 4.07. The summed E-state index contributed by atoms with van der Waals surface area (Å²) in [4.78, 5) is 0. The lowest BCUT2D eigenvalue weighted by Gasteiger charge is -2.24. The van der Waals surface area contributed by atoms with Crippen LogP contribution in [0.2, 0.25) is 0 Å². The van der Waals surface area contributed by atoms with Gasteiger partial charge in [0.1, 0.15) is 0 Å². The largest absolute Gasteiger partial charge is 0.452 e. The summed E-state index contributed by atoms with van der Waals surface area (Å²) in [6, 6.07) is 2.77. The van der Waals surface area contributed by atoms with E-state index in [1.165, 1.54) is 16.6 Å². The number of aliphatic hydroxyl groups is 1. The molecule has 1 aliphatic rings. The normalized spacial score (nSPS) is 21.3. The van der Waals surface area contributed by atoms with Crippen LogP contribution in [0, 0.1) is 0 Å². The summed E-state index contributed by atoms with van der Waals surface area (Å²) in [5, 5.41) is 14.3. The molecule has 0 radical (unpaired) electrons. The third-order valence-corrected chi connectivity index (χ3v) is 5.83. The van der Waals surface area contributed by atoms with Crippen LogP contribution in [0.25, 0.3) is 0 Å². The number of aliphatic hydroxyl groups excluding tert-OH is 1. The van der Waals surface area contributed by atoms with E-state index < -0.39 is 16.1 Å². The molecular formula is C14H19N3O4S. The van der Waals surface area contributed by atoms with Gasteiger partial charge in [0, 0.05) is 31.4 Å². The van der Waals surface area contributed by atoms with E-state index in [1.807, 2.05) is 0 Å². The Balaban J connectivity index is 1.76. The molecular weight excluding hydrogens is 306 g/mol. The Morgan fingerprint density at radius 3 is 3.00 bits per heavy atom. The van der Waals surface area contributed by atoms with Crippen molar-refractivity contribution in [3.63, 3.8) is 0 Å². The fourth-order valence-corrected chi connectivity index (χ4v) is 4.51. The first-order valence-electron chi connectivity index (χ1n) is 7.20. The maximum Gasteiger partial charge on any atom is 0.276 e. The summed E-state index contributed by atoms with van der Waals surface area (Å²) in [5.74, 6) is 0. The molecule has 0 aromatic carbocycles. The molecule has 2 aromatic heterocycles. The van der Waals surface area contributed by atoms with Crippen molar-refractivity contribution in [3.8, 4) is 0 Å². The predicted molar refractivity (Wildman–Crippen MR) is 78.4 cm³/mol. The maximum absolute atomic E-state index is 12.6. The van der Waals surface area contributed by atoms with Crippen LogP contribution in [0.15, 0.2) is 40.3 Å². The molecule has 1 fully saturated rings. The van der Waals surface area contributed by atoms with Gasteiger partial charge in [-0.25, -0.2) is 8.42 Å². The van der Waals surface area contributed by atoms with Gasteiger partial charge >= 0.3 is 0 Å². The summed E-state index contributed by atoms with van der Waals surface area (Å²) >= 11 is 0. The highest BCUT2D eigenvalue weighted by molar-refractivity contribution is 7.89. The van der Waals surface area contributed by atoms with Crippen LogP contribution in [-0.2, 0) is 17.1 Å². The van der Waals surface area contributed by atoms with Crippen LogP contribution in [0.5, 0.6) is 0 Å². The van der Waals surface area contributed by atoms with Gasteiger partial charge in [0.2, 0.25) is 5.09 Å². The minimum Gasteiger partial charge on any atom is -0.452 e. The molecule has 120 valence electrons. The van der Waals surface area contributed by atoms with E-state index in [2.05, 4.69) is 5.10 Å². The van der Waals surface area contributed by atoms with Crippen molar-refractivity contribution in [1.82, 2.24) is 14.1 Å². The molecule has 8 heteroatoms. The number of aryl methyl sites for hydroxylation is 1. The molecule has 0 spiro atoms. The van der Waals surface area contributed by atoms with E-state index in [9.17, 15) is 13.5 Å². The number of rotatable bonds is 5. The SMILES string of the molecule is Cn1cc([C@@H](O)C[C@H]2CCCN2S(=O)(=O)c2ccco2)cn1. The van der Waals surface area contributed by atoms with Gasteiger partial charge in [-0.15, -0.1) is 0 Å². The fraction of sp³-hybridized carbons (Fsp3) is 0.500. The smallest absolute Gasteiger partial charge is 0.276 e. The lowest BCUT2D eigenvalue weighted by Crippen LogP contribution is -2.36. The Morgan fingerprint density at radius 2 is 2.36 bits per heavy atom. The second-order valence-electron chi connectivity index (χ2n) is 5.54. The standard InChI is InChI=1S/C14H19N3O4S/c1-16-10-11(9-15-16)13(18)8-12-4-2-6-17(12)22(19,20)14-5-3-7-21-14/h3,5,7,9-10,12-13,18H,2,4,6,8H2,1H3/t12-,13+/m1/s1. The Labute approximate surface area is 129 Å². The lowest BCUT2D eigenvalue weighted by atomic mass is 10.0. The van der Waals surface area contributed by atoms with Crippen LogP contribution in [-0.4, -0.2) is 40.2 Å². The van der Waals surface area contributed by atoms with E-state index in [1.54, 1.807) is 30.2 Å². The predicted octanol–water partition coefficient (Wildman–Crippen LogP) is 1.29. The molecule has 0 amide bonds. The van der Waals surface area contributed by atoms with Crippen molar-refractivity contribution < 1.29 is 17.9 Å². The highest BCUT2D eigenvalue weighted by Gasteiger charge is 2.37. The van der Waals surface area contributed by atoms with Crippen LogP contribution >= 0.6 is 0 Å². The van der Waals surface area contributed by atoms with Gasteiger partial charge in [0.05, 0.1) is 18.6 Å². The minimum atomic E-state index is -3.63. The Hall–Kier alpha value is -1.64. The topological polar surface area (TPSA) is 88.6 Å². The van der Waals surface area contributed by atoms with E-state index in [0.29, 0.717) is 18.5 Å². The van der Waals surface area contributed by atoms with Crippen molar-refractivity contribution >= 4 is 10.0 Å². The monoisotopic (exact) mass is 325 g/mol. The van der Waals surface area contributed by atoms with Gasteiger partial charge in [0.15, 0.2) is 0 Å². The number of aromatic nitrogens is 2. The van der Waals surface area contributed by atoms with Crippen LogP contribution < -0.4 is 0 Å². The molecule has 2 aromatic rings. The summed E-state index contributed by atoms with van der Waals surface area (Å²) in [6.45, 7) is 0.452. The number of sulfonamides is 1. The number of hydrogen-bond donors (Lipinski definition) is 1. The van der Waals surface area contributed by atoms with Crippen LogP contribution in [0.1, 0.15) is 30.9 Å². The maximum atomic E-state index is 12.6. The number of hydrogen-bond acceptors (Lipinski definition) is 5. The molecule has 2 atom stereocenters. The summed E-state index contributed by atoms with van der Waals surface area (Å²) in [5.41, 5.74) is 0.699. The number of nitrogens with zero attached hydrogens (tertiary/aromatic N) is 3. The van der Waals surface area contributed by atoms with Crippen molar-refractivity contribution in [3.05, 3.63) is 36.4 Å². The van der Waals surface area contributed by atoms with Crippen molar-refractivity contribution in [2.45, 2.75) is 36.5 Å². The fourth-order valence-electron chi connectivity index (χ4n) is 2.89. The van der Waals surface area contributed by atoms with E-state index in [-0.39, 0.29) is 11.1 Å². The second-order valence-corrected chi connectivity index (χ2v) is 7.36. The van der Waals surface area contributed by atoms with Gasteiger partial charge in [0.25, 0.3) is 10.0 Å². The van der Waals surface area contributed by atoms with E-state index >= 15 is 0 Å². The molecule has 1 saturated heterocycles. The van der Waals surface area contributed by atoms with Crippen molar-refractivity contribution in [2.24, 2.45) is 7.05 Å². The van der Waals surface area contributed by atoms with Crippen LogP contribution in [0.3, 0.4) is 0 Å². The quantitative estimate of drug-likeness (QED) is 0.895. The van der Waals surface area contributed by atoms with Crippen molar-refractivity contribution in [2.75, 3.05) is 6.54 Å². The average Bonchev–Trinajstić information content (AvgIpc) is 3.19. The van der Waals surface area contributed by atoms with Gasteiger partial charge in [-0.3, -0.25) is 4.68 Å². The molecule has 3 heterocycles. The zero-order chi connectivity index (χ0) is 15.7. The minimum absolute atomic E-state index is 0.0460. The van der Waals surface area contributed by atoms with Gasteiger partial charge in [-0.2, -0.15) is 9.40 Å². The highest BCUT2D eigenvalue weighted by Crippen LogP contribution is 2.31. The Bertz CT molecular complexity index is 723. The third kappa shape index (κ3) is 2.81. The lowest BCUT2D eigenvalue weighted by molar-refractivity contribution is 0.141. The highest BCUT2D eigenvalue weighted by atomic mass is 32.2. The molecule has 3 rings (SSSR count). The molecule has 22 heavy (non-hydrogen) atoms. The zero-order valence-corrected chi connectivity index (χ0v) is 13.1. The Morgan fingerprint density at radius 1 is 1.55 bits per heavy atom. The first kappa shape index (κ1) is 15.3.